The second kappa shape index (κ2) is 5.46. The Morgan fingerprint density at radius 2 is 2.05 bits per heavy atom. The van der Waals surface area contributed by atoms with Crippen molar-refractivity contribution in [2.45, 2.75) is 19.4 Å². The Morgan fingerprint density at radius 3 is 2.75 bits per heavy atom. The topological polar surface area (TPSA) is 48.0 Å². The number of hydrogen-bond acceptors (Lipinski definition) is 4. The van der Waals surface area contributed by atoms with Crippen LogP contribution >= 0.6 is 11.3 Å². The second-order valence-corrected chi connectivity index (χ2v) is 5.59. The molecule has 0 aliphatic heterocycles. The third kappa shape index (κ3) is 2.58. The van der Waals surface area contributed by atoms with Crippen LogP contribution in [0.2, 0.25) is 0 Å². The Labute approximate surface area is 120 Å². The molecule has 2 heterocycles. The van der Waals surface area contributed by atoms with Crippen LogP contribution in [0.3, 0.4) is 0 Å². The molecule has 0 unspecified atom stereocenters. The summed E-state index contributed by atoms with van der Waals surface area (Å²) in [5.41, 5.74) is 1.18. The zero-order valence-corrected chi connectivity index (χ0v) is 11.8. The summed E-state index contributed by atoms with van der Waals surface area (Å²) in [4.78, 5) is 12.7. The average Bonchev–Trinajstić information content (AvgIpc) is 3.10. The largest absolute Gasteiger partial charge is 0.437 e. The molecular formula is C15H14N2O2S. The number of thiophene rings is 1. The van der Waals surface area contributed by atoms with Gasteiger partial charge < -0.3 is 4.42 Å². The highest BCUT2D eigenvalue weighted by Crippen LogP contribution is 2.22. The van der Waals surface area contributed by atoms with Crippen LogP contribution in [-0.4, -0.2) is 9.78 Å². The Morgan fingerprint density at radius 1 is 1.25 bits per heavy atom. The highest BCUT2D eigenvalue weighted by Gasteiger charge is 2.14. The summed E-state index contributed by atoms with van der Waals surface area (Å²) in [6.45, 7) is 2.58. The number of nitrogens with zero attached hydrogens (tertiary/aromatic N) is 2. The fourth-order valence-corrected chi connectivity index (χ4v) is 2.71. The molecule has 3 aromatic rings. The molecule has 102 valence electrons. The number of rotatable bonds is 4. The van der Waals surface area contributed by atoms with Gasteiger partial charge in [-0.1, -0.05) is 43.3 Å². The van der Waals surface area contributed by atoms with Crippen LogP contribution < -0.4 is 5.76 Å². The van der Waals surface area contributed by atoms with Crippen molar-refractivity contribution < 1.29 is 4.42 Å². The van der Waals surface area contributed by atoms with E-state index in [0.29, 0.717) is 12.4 Å². The summed E-state index contributed by atoms with van der Waals surface area (Å²) in [6, 6.07) is 13.9. The normalized spacial score (nSPS) is 12.4. The molecule has 0 amide bonds. The lowest BCUT2D eigenvalue weighted by Gasteiger charge is -2.09. The summed E-state index contributed by atoms with van der Waals surface area (Å²) < 4.78 is 6.60. The molecular weight excluding hydrogens is 272 g/mol. The van der Waals surface area contributed by atoms with E-state index >= 15 is 0 Å². The van der Waals surface area contributed by atoms with E-state index in [1.165, 1.54) is 21.6 Å². The first-order valence-corrected chi connectivity index (χ1v) is 7.29. The Bertz CT molecular complexity index is 729. The second-order valence-electron chi connectivity index (χ2n) is 4.64. The minimum absolute atomic E-state index is 0.204. The monoisotopic (exact) mass is 286 g/mol. The van der Waals surface area contributed by atoms with E-state index < -0.39 is 5.76 Å². The lowest BCUT2D eigenvalue weighted by molar-refractivity contribution is 0.461. The van der Waals surface area contributed by atoms with Gasteiger partial charge in [-0.2, -0.15) is 4.68 Å². The van der Waals surface area contributed by atoms with Gasteiger partial charge in [0.1, 0.15) is 0 Å². The SMILES string of the molecule is C[C@H](Cn1nc(-c2cccs2)oc1=O)c1ccccc1. The van der Waals surface area contributed by atoms with E-state index in [4.69, 9.17) is 4.42 Å². The van der Waals surface area contributed by atoms with Crippen molar-refractivity contribution in [3.05, 3.63) is 64.0 Å². The van der Waals surface area contributed by atoms with Crippen LogP contribution in [0.1, 0.15) is 18.4 Å². The van der Waals surface area contributed by atoms with Crippen molar-refractivity contribution in [2.75, 3.05) is 0 Å². The predicted octanol–water partition coefficient (Wildman–Crippen LogP) is 3.37. The van der Waals surface area contributed by atoms with Gasteiger partial charge in [-0.05, 0) is 17.0 Å². The Balaban J connectivity index is 1.83. The van der Waals surface area contributed by atoms with Gasteiger partial charge in [0.15, 0.2) is 0 Å². The van der Waals surface area contributed by atoms with Crippen LogP contribution in [0, 0.1) is 0 Å². The molecule has 1 atom stereocenters. The molecule has 0 saturated carbocycles. The fraction of sp³-hybridized carbons (Fsp3) is 0.200. The number of hydrogen-bond donors (Lipinski definition) is 0. The average molecular weight is 286 g/mol. The molecule has 1 aromatic carbocycles. The molecule has 0 aliphatic rings. The molecule has 0 radical (unpaired) electrons. The van der Waals surface area contributed by atoms with Crippen LogP contribution in [0.5, 0.6) is 0 Å². The first-order valence-electron chi connectivity index (χ1n) is 6.41. The molecule has 4 nitrogen and oxygen atoms in total. The minimum Gasteiger partial charge on any atom is -0.387 e. The van der Waals surface area contributed by atoms with Gasteiger partial charge >= 0.3 is 5.76 Å². The summed E-state index contributed by atoms with van der Waals surface area (Å²) in [7, 11) is 0. The van der Waals surface area contributed by atoms with Gasteiger partial charge in [-0.25, -0.2) is 4.79 Å². The lowest BCUT2D eigenvalue weighted by Crippen LogP contribution is -2.19. The third-order valence-corrected chi connectivity index (χ3v) is 4.01. The molecule has 0 saturated heterocycles. The first-order chi connectivity index (χ1) is 9.74. The lowest BCUT2D eigenvalue weighted by atomic mass is 10.0. The summed E-state index contributed by atoms with van der Waals surface area (Å²) in [5, 5.41) is 6.20. The van der Waals surface area contributed by atoms with Crippen molar-refractivity contribution in [1.82, 2.24) is 9.78 Å². The highest BCUT2D eigenvalue weighted by atomic mass is 32.1. The Hall–Kier alpha value is -2.14. The predicted molar refractivity (Wildman–Crippen MR) is 78.9 cm³/mol. The molecule has 0 aliphatic carbocycles. The molecule has 5 heteroatoms. The van der Waals surface area contributed by atoms with E-state index in [0.717, 1.165) is 4.88 Å². The third-order valence-electron chi connectivity index (χ3n) is 3.15. The van der Waals surface area contributed by atoms with Crippen molar-refractivity contribution in [1.29, 1.82) is 0 Å². The zero-order chi connectivity index (χ0) is 13.9. The maximum absolute atomic E-state index is 11.8. The molecule has 0 bridgehead atoms. The van der Waals surface area contributed by atoms with Gasteiger partial charge in [-0.3, -0.25) is 0 Å². The molecule has 20 heavy (non-hydrogen) atoms. The maximum atomic E-state index is 11.8. The fourth-order valence-electron chi connectivity index (χ4n) is 2.07. The molecule has 2 aromatic heterocycles. The van der Waals surface area contributed by atoms with E-state index in [-0.39, 0.29) is 5.92 Å². The number of benzene rings is 1. The molecule has 0 spiro atoms. The van der Waals surface area contributed by atoms with Gasteiger partial charge in [0.25, 0.3) is 5.89 Å². The summed E-state index contributed by atoms with van der Waals surface area (Å²) in [6.07, 6.45) is 0. The Kier molecular flexibility index (Phi) is 3.52. The van der Waals surface area contributed by atoms with Gasteiger partial charge in [-0.15, -0.1) is 16.4 Å². The molecule has 0 fully saturated rings. The summed E-state index contributed by atoms with van der Waals surface area (Å²) >= 11 is 1.50. The van der Waals surface area contributed by atoms with Gasteiger partial charge in [0, 0.05) is 5.92 Å². The first kappa shape index (κ1) is 12.9. The van der Waals surface area contributed by atoms with E-state index in [1.807, 2.05) is 35.7 Å². The van der Waals surface area contributed by atoms with Crippen LogP contribution in [0.15, 0.2) is 57.1 Å². The smallest absolute Gasteiger partial charge is 0.387 e. The van der Waals surface area contributed by atoms with Crippen LogP contribution in [-0.2, 0) is 6.54 Å². The van der Waals surface area contributed by atoms with Crippen molar-refractivity contribution in [3.8, 4) is 10.8 Å². The quantitative estimate of drug-likeness (QED) is 0.739. The summed E-state index contributed by atoms with van der Waals surface area (Å²) in [5.74, 6) is 0.191. The minimum atomic E-state index is -0.406. The molecule has 3 rings (SSSR count). The van der Waals surface area contributed by atoms with E-state index in [9.17, 15) is 4.79 Å². The van der Waals surface area contributed by atoms with Crippen LogP contribution in [0.4, 0.5) is 0 Å². The van der Waals surface area contributed by atoms with E-state index in [2.05, 4.69) is 24.2 Å². The van der Waals surface area contributed by atoms with Gasteiger partial charge in [0.2, 0.25) is 0 Å². The molecule has 0 N–H and O–H groups in total. The number of aromatic nitrogens is 2. The van der Waals surface area contributed by atoms with Crippen molar-refractivity contribution in [2.24, 2.45) is 0 Å². The zero-order valence-electron chi connectivity index (χ0n) is 11.0. The van der Waals surface area contributed by atoms with E-state index in [1.54, 1.807) is 0 Å². The van der Waals surface area contributed by atoms with Crippen molar-refractivity contribution in [3.63, 3.8) is 0 Å². The maximum Gasteiger partial charge on any atom is 0.437 e. The highest BCUT2D eigenvalue weighted by molar-refractivity contribution is 7.13. The van der Waals surface area contributed by atoms with Crippen molar-refractivity contribution >= 4 is 11.3 Å². The van der Waals surface area contributed by atoms with Crippen LogP contribution in [0.25, 0.3) is 10.8 Å². The van der Waals surface area contributed by atoms with Gasteiger partial charge in [0.05, 0.1) is 11.4 Å². The standard InChI is InChI=1S/C15H14N2O2S/c1-11(12-6-3-2-4-7-12)10-17-15(18)19-14(16-17)13-8-5-9-20-13/h2-9,11H,10H2,1H3/t11-/m1/s1.